The van der Waals surface area contributed by atoms with Crippen LogP contribution in [-0.2, 0) is 0 Å². The van der Waals surface area contributed by atoms with E-state index in [1.54, 1.807) is 19.2 Å². The zero-order valence-corrected chi connectivity index (χ0v) is 18.5. The zero-order chi connectivity index (χ0) is 21.0. The molecule has 7 heteroatoms. The van der Waals surface area contributed by atoms with Gasteiger partial charge in [0.1, 0.15) is 0 Å². The minimum atomic E-state index is -0.0700. The number of carbonyl (C=O) groups is 1. The van der Waals surface area contributed by atoms with Gasteiger partial charge in [-0.3, -0.25) is 4.79 Å². The van der Waals surface area contributed by atoms with Crippen LogP contribution in [0.3, 0.4) is 0 Å². The molecular weight excluding hydrogens is 411 g/mol. The molecular formula is C22H26Cl2N2O3. The lowest BCUT2D eigenvalue weighted by atomic mass is 10.1. The first-order valence-corrected chi connectivity index (χ1v) is 10.5. The van der Waals surface area contributed by atoms with E-state index in [1.807, 2.05) is 29.2 Å². The summed E-state index contributed by atoms with van der Waals surface area (Å²) in [6, 6.07) is 11.1. The third-order valence-corrected chi connectivity index (χ3v) is 5.40. The molecule has 2 aromatic carbocycles. The van der Waals surface area contributed by atoms with E-state index in [2.05, 4.69) is 18.7 Å². The number of carbonyl (C=O) groups excluding carboxylic acids is 1. The summed E-state index contributed by atoms with van der Waals surface area (Å²) in [6.45, 7) is 7.28. The van der Waals surface area contributed by atoms with E-state index in [1.165, 1.54) is 0 Å². The summed E-state index contributed by atoms with van der Waals surface area (Å²) in [5.41, 5.74) is 1.49. The van der Waals surface area contributed by atoms with Gasteiger partial charge in [-0.05, 0) is 30.2 Å². The number of para-hydroxylation sites is 1. The van der Waals surface area contributed by atoms with Crippen LogP contribution in [0, 0.1) is 5.92 Å². The maximum Gasteiger partial charge on any atom is 0.254 e. The van der Waals surface area contributed by atoms with Crippen molar-refractivity contribution in [3.8, 4) is 11.5 Å². The average Bonchev–Trinajstić information content (AvgIpc) is 2.72. The average molecular weight is 437 g/mol. The van der Waals surface area contributed by atoms with Crippen LogP contribution in [0.2, 0.25) is 10.0 Å². The number of halogens is 2. The van der Waals surface area contributed by atoms with Gasteiger partial charge in [-0.25, -0.2) is 0 Å². The quantitative estimate of drug-likeness (QED) is 0.638. The Labute approximate surface area is 182 Å². The molecule has 1 aliphatic heterocycles. The number of benzene rings is 2. The van der Waals surface area contributed by atoms with Crippen molar-refractivity contribution in [1.29, 1.82) is 0 Å². The second kappa shape index (κ2) is 9.59. The maximum absolute atomic E-state index is 13.0. The minimum absolute atomic E-state index is 0.0700. The summed E-state index contributed by atoms with van der Waals surface area (Å²) in [4.78, 5) is 17.1. The molecule has 29 heavy (non-hydrogen) atoms. The lowest BCUT2D eigenvalue weighted by molar-refractivity contribution is 0.0746. The van der Waals surface area contributed by atoms with E-state index < -0.39 is 0 Å². The first-order chi connectivity index (χ1) is 13.9. The fourth-order valence-electron chi connectivity index (χ4n) is 3.27. The Morgan fingerprint density at radius 2 is 1.76 bits per heavy atom. The molecule has 1 saturated heterocycles. The fraction of sp³-hybridized carbons (Fsp3) is 0.409. The standard InChI is InChI=1S/C22H26Cl2N2O3/c1-15(2)14-29-21-18(24)12-16(13-20(21)28-3)22(27)26-10-8-25(9-11-26)19-7-5-4-6-17(19)23/h4-7,12-13,15H,8-11,14H2,1-3H3. The van der Waals surface area contributed by atoms with Crippen LogP contribution in [-0.4, -0.2) is 50.7 Å². The van der Waals surface area contributed by atoms with Crippen molar-refractivity contribution < 1.29 is 14.3 Å². The van der Waals surface area contributed by atoms with Gasteiger partial charge in [0.25, 0.3) is 5.91 Å². The number of amides is 1. The molecule has 1 heterocycles. The topological polar surface area (TPSA) is 42.0 Å². The summed E-state index contributed by atoms with van der Waals surface area (Å²) >= 11 is 12.7. The Morgan fingerprint density at radius 1 is 1.07 bits per heavy atom. The van der Waals surface area contributed by atoms with Crippen LogP contribution < -0.4 is 14.4 Å². The van der Waals surface area contributed by atoms with Crippen molar-refractivity contribution >= 4 is 34.8 Å². The highest BCUT2D eigenvalue weighted by Gasteiger charge is 2.25. The molecule has 2 aromatic rings. The summed E-state index contributed by atoms with van der Waals surface area (Å²) in [5, 5.41) is 1.10. The van der Waals surface area contributed by atoms with Gasteiger partial charge >= 0.3 is 0 Å². The van der Waals surface area contributed by atoms with E-state index in [0.717, 1.165) is 23.8 Å². The number of hydrogen-bond acceptors (Lipinski definition) is 4. The molecule has 0 saturated carbocycles. The second-order valence-corrected chi connectivity index (χ2v) is 8.24. The molecule has 1 fully saturated rings. The van der Waals surface area contributed by atoms with Gasteiger partial charge in [0.15, 0.2) is 11.5 Å². The predicted octanol–water partition coefficient (Wildman–Crippen LogP) is 5.00. The molecule has 0 bridgehead atoms. The third kappa shape index (κ3) is 5.09. The van der Waals surface area contributed by atoms with E-state index in [9.17, 15) is 4.79 Å². The number of rotatable bonds is 6. The first kappa shape index (κ1) is 21.6. The number of piperazine rings is 1. The molecule has 1 aliphatic rings. The van der Waals surface area contributed by atoms with Crippen molar-refractivity contribution in [2.45, 2.75) is 13.8 Å². The maximum atomic E-state index is 13.0. The Morgan fingerprint density at radius 3 is 2.38 bits per heavy atom. The largest absolute Gasteiger partial charge is 0.493 e. The first-order valence-electron chi connectivity index (χ1n) is 9.69. The molecule has 1 amide bonds. The van der Waals surface area contributed by atoms with Crippen LogP contribution in [0.1, 0.15) is 24.2 Å². The van der Waals surface area contributed by atoms with Crippen molar-refractivity contribution in [2.75, 3.05) is 44.8 Å². The lowest BCUT2D eigenvalue weighted by Crippen LogP contribution is -2.48. The molecule has 5 nitrogen and oxygen atoms in total. The van der Waals surface area contributed by atoms with Gasteiger partial charge in [-0.15, -0.1) is 0 Å². The second-order valence-electron chi connectivity index (χ2n) is 7.42. The van der Waals surface area contributed by atoms with E-state index in [-0.39, 0.29) is 5.91 Å². The van der Waals surface area contributed by atoms with Gasteiger partial charge in [0.2, 0.25) is 0 Å². The van der Waals surface area contributed by atoms with Gasteiger partial charge in [0.05, 0.1) is 29.4 Å². The van der Waals surface area contributed by atoms with E-state index in [4.69, 9.17) is 32.7 Å². The third-order valence-electron chi connectivity index (χ3n) is 4.80. The monoisotopic (exact) mass is 436 g/mol. The molecule has 0 unspecified atom stereocenters. The molecule has 0 spiro atoms. The van der Waals surface area contributed by atoms with Crippen molar-refractivity contribution in [3.63, 3.8) is 0 Å². The molecule has 0 aromatic heterocycles. The summed E-state index contributed by atoms with van der Waals surface area (Å²) in [7, 11) is 1.55. The summed E-state index contributed by atoms with van der Waals surface area (Å²) < 4.78 is 11.2. The van der Waals surface area contributed by atoms with Crippen LogP contribution in [0.4, 0.5) is 5.69 Å². The van der Waals surface area contributed by atoms with Crippen LogP contribution >= 0.6 is 23.2 Å². The van der Waals surface area contributed by atoms with E-state index >= 15 is 0 Å². The van der Waals surface area contributed by atoms with Crippen LogP contribution in [0.5, 0.6) is 11.5 Å². The zero-order valence-electron chi connectivity index (χ0n) is 17.0. The normalized spacial score (nSPS) is 14.3. The van der Waals surface area contributed by atoms with E-state index in [0.29, 0.717) is 47.7 Å². The summed E-state index contributed by atoms with van der Waals surface area (Å²) in [5.74, 6) is 1.23. The smallest absolute Gasteiger partial charge is 0.254 e. The van der Waals surface area contributed by atoms with Gasteiger partial charge in [0, 0.05) is 31.7 Å². The Kier molecular flexibility index (Phi) is 7.14. The molecule has 156 valence electrons. The molecule has 3 rings (SSSR count). The Hall–Kier alpha value is -2.11. The molecule has 0 N–H and O–H groups in total. The lowest BCUT2D eigenvalue weighted by Gasteiger charge is -2.36. The van der Waals surface area contributed by atoms with Crippen molar-refractivity contribution in [1.82, 2.24) is 4.90 Å². The number of hydrogen-bond donors (Lipinski definition) is 0. The summed E-state index contributed by atoms with van der Waals surface area (Å²) in [6.07, 6.45) is 0. The van der Waals surface area contributed by atoms with Crippen LogP contribution in [0.25, 0.3) is 0 Å². The Balaban J connectivity index is 1.71. The molecule has 0 aliphatic carbocycles. The molecule has 0 atom stereocenters. The highest BCUT2D eigenvalue weighted by molar-refractivity contribution is 6.33. The minimum Gasteiger partial charge on any atom is -0.493 e. The highest BCUT2D eigenvalue weighted by Crippen LogP contribution is 2.37. The highest BCUT2D eigenvalue weighted by atomic mass is 35.5. The molecule has 0 radical (unpaired) electrons. The van der Waals surface area contributed by atoms with Crippen LogP contribution in [0.15, 0.2) is 36.4 Å². The SMILES string of the molecule is COc1cc(C(=O)N2CCN(c3ccccc3Cl)CC2)cc(Cl)c1OCC(C)C. The number of nitrogens with zero attached hydrogens (tertiary/aromatic N) is 2. The van der Waals surface area contributed by atoms with Gasteiger partial charge in [-0.2, -0.15) is 0 Å². The van der Waals surface area contributed by atoms with Gasteiger partial charge in [-0.1, -0.05) is 49.2 Å². The fourth-order valence-corrected chi connectivity index (χ4v) is 3.80. The number of methoxy groups -OCH3 is 1. The predicted molar refractivity (Wildman–Crippen MR) is 118 cm³/mol. The van der Waals surface area contributed by atoms with Crippen molar-refractivity contribution in [2.24, 2.45) is 5.92 Å². The van der Waals surface area contributed by atoms with Gasteiger partial charge < -0.3 is 19.3 Å². The number of ether oxygens (including phenoxy) is 2. The van der Waals surface area contributed by atoms with Crippen molar-refractivity contribution in [3.05, 3.63) is 52.0 Å². The number of anilines is 1. The Bertz CT molecular complexity index is 865.